The molecule has 9 heteroatoms. The lowest BCUT2D eigenvalue weighted by Crippen LogP contribution is -2.33. The van der Waals surface area contributed by atoms with Crippen molar-refractivity contribution >= 4 is 55.8 Å². The number of hydrazone groups is 1. The third-order valence-corrected chi connectivity index (χ3v) is 6.41. The largest absolute Gasteiger partial charge is 0.462 e. The highest BCUT2D eigenvalue weighted by atomic mass is 79.9. The van der Waals surface area contributed by atoms with E-state index in [2.05, 4.69) is 31.8 Å². The van der Waals surface area contributed by atoms with Crippen molar-refractivity contribution in [1.29, 1.82) is 0 Å². The van der Waals surface area contributed by atoms with Gasteiger partial charge < -0.3 is 10.1 Å². The molecule has 1 aromatic heterocycles. The summed E-state index contributed by atoms with van der Waals surface area (Å²) in [5.74, 6) is -2.27. The zero-order chi connectivity index (χ0) is 21.7. The molecule has 0 spiro atoms. The number of aryl methyl sites for hydroxylation is 1. The smallest absolute Gasteiger partial charge is 0.341 e. The number of anilines is 1. The standard InChI is InChI=1S/C21H22BrN3O4S/c1-3-29-21(28)17-15-6-4-5-7-16(15)30-20(17)23-18(26)19(27)25-24-12(2)13-8-10-14(22)11-9-13/h8-11H,3-7H2,1-2H3,(H,23,26)(H,25,27)/b24-12+. The van der Waals surface area contributed by atoms with E-state index in [-0.39, 0.29) is 6.61 Å². The SMILES string of the molecule is CCOC(=O)c1c(NC(=O)C(=O)N/N=C(\C)c2ccc(Br)cc2)sc2c1CCCC2. The van der Waals surface area contributed by atoms with Crippen molar-refractivity contribution in [2.24, 2.45) is 5.10 Å². The van der Waals surface area contributed by atoms with Crippen LogP contribution in [0.4, 0.5) is 5.00 Å². The van der Waals surface area contributed by atoms with Crippen LogP contribution in [0.25, 0.3) is 0 Å². The number of hydrogen-bond donors (Lipinski definition) is 2. The number of benzene rings is 1. The monoisotopic (exact) mass is 491 g/mol. The van der Waals surface area contributed by atoms with Crippen molar-refractivity contribution in [2.45, 2.75) is 39.5 Å². The maximum atomic E-state index is 12.5. The van der Waals surface area contributed by atoms with Gasteiger partial charge in [-0.3, -0.25) is 9.59 Å². The highest BCUT2D eigenvalue weighted by Gasteiger charge is 2.28. The van der Waals surface area contributed by atoms with Crippen molar-refractivity contribution < 1.29 is 19.1 Å². The summed E-state index contributed by atoms with van der Waals surface area (Å²) >= 11 is 4.69. The van der Waals surface area contributed by atoms with Gasteiger partial charge in [0.2, 0.25) is 0 Å². The lowest BCUT2D eigenvalue weighted by Gasteiger charge is -2.12. The molecule has 30 heavy (non-hydrogen) atoms. The summed E-state index contributed by atoms with van der Waals surface area (Å²) in [5, 5.41) is 6.92. The fourth-order valence-corrected chi connectivity index (χ4v) is 4.71. The molecule has 0 atom stereocenters. The summed E-state index contributed by atoms with van der Waals surface area (Å²) in [5.41, 5.74) is 4.93. The highest BCUT2D eigenvalue weighted by Crippen LogP contribution is 2.38. The van der Waals surface area contributed by atoms with Gasteiger partial charge in [-0.25, -0.2) is 10.2 Å². The maximum absolute atomic E-state index is 12.5. The van der Waals surface area contributed by atoms with Crippen LogP contribution >= 0.6 is 27.3 Å². The number of nitrogens with one attached hydrogen (secondary N) is 2. The molecule has 2 amide bonds. The minimum absolute atomic E-state index is 0.237. The molecule has 1 heterocycles. The van der Waals surface area contributed by atoms with Gasteiger partial charge in [-0.1, -0.05) is 28.1 Å². The molecule has 1 aliphatic carbocycles. The molecule has 0 saturated carbocycles. The number of fused-ring (bicyclic) bond motifs is 1. The highest BCUT2D eigenvalue weighted by molar-refractivity contribution is 9.10. The number of hydrogen-bond acceptors (Lipinski definition) is 6. The Bertz CT molecular complexity index is 998. The van der Waals surface area contributed by atoms with E-state index < -0.39 is 17.8 Å². The Morgan fingerprint density at radius 2 is 1.83 bits per heavy atom. The molecule has 0 fully saturated rings. The summed E-state index contributed by atoms with van der Waals surface area (Å²) in [6.45, 7) is 3.70. The van der Waals surface area contributed by atoms with Gasteiger partial charge in [0.25, 0.3) is 0 Å². The second-order valence-electron chi connectivity index (χ2n) is 6.73. The quantitative estimate of drug-likeness (QED) is 0.285. The molecule has 0 aliphatic heterocycles. The molecular weight excluding hydrogens is 470 g/mol. The molecular formula is C21H22BrN3O4S. The van der Waals surface area contributed by atoms with Gasteiger partial charge in [0.15, 0.2) is 0 Å². The topological polar surface area (TPSA) is 96.9 Å². The molecule has 0 saturated heterocycles. The minimum atomic E-state index is -0.910. The summed E-state index contributed by atoms with van der Waals surface area (Å²) in [6, 6.07) is 7.41. The van der Waals surface area contributed by atoms with Gasteiger partial charge >= 0.3 is 17.8 Å². The van der Waals surface area contributed by atoms with E-state index in [1.165, 1.54) is 11.3 Å². The molecule has 1 aromatic carbocycles. The first-order valence-electron chi connectivity index (χ1n) is 9.64. The van der Waals surface area contributed by atoms with Gasteiger partial charge in [0.05, 0.1) is 17.9 Å². The molecule has 3 rings (SSSR count). The Hall–Kier alpha value is -2.52. The number of esters is 1. The van der Waals surface area contributed by atoms with Crippen LogP contribution in [-0.4, -0.2) is 30.1 Å². The molecule has 0 unspecified atom stereocenters. The van der Waals surface area contributed by atoms with Gasteiger partial charge in [-0.05, 0) is 62.8 Å². The van der Waals surface area contributed by atoms with Crippen LogP contribution in [0.15, 0.2) is 33.8 Å². The van der Waals surface area contributed by atoms with Gasteiger partial charge in [0, 0.05) is 9.35 Å². The number of carbonyl (C=O) groups excluding carboxylic acids is 3. The number of amides is 2. The second kappa shape index (κ2) is 9.99. The first kappa shape index (κ1) is 22.2. The van der Waals surface area contributed by atoms with Crippen molar-refractivity contribution in [3.8, 4) is 0 Å². The minimum Gasteiger partial charge on any atom is -0.462 e. The molecule has 158 valence electrons. The van der Waals surface area contributed by atoms with E-state index in [1.807, 2.05) is 24.3 Å². The first-order valence-corrected chi connectivity index (χ1v) is 11.2. The van der Waals surface area contributed by atoms with E-state index >= 15 is 0 Å². The van der Waals surface area contributed by atoms with Crippen LogP contribution in [-0.2, 0) is 27.2 Å². The molecule has 0 bridgehead atoms. The predicted molar refractivity (Wildman–Crippen MR) is 120 cm³/mol. The van der Waals surface area contributed by atoms with Crippen LogP contribution in [0.2, 0.25) is 0 Å². The van der Waals surface area contributed by atoms with E-state index in [1.54, 1.807) is 13.8 Å². The maximum Gasteiger partial charge on any atom is 0.341 e. The number of rotatable bonds is 5. The lowest BCUT2D eigenvalue weighted by atomic mass is 9.95. The zero-order valence-corrected chi connectivity index (χ0v) is 19.1. The predicted octanol–water partition coefficient (Wildman–Crippen LogP) is 4.05. The molecule has 7 nitrogen and oxygen atoms in total. The number of ether oxygens (including phenoxy) is 1. The lowest BCUT2D eigenvalue weighted by molar-refractivity contribution is -0.136. The van der Waals surface area contributed by atoms with Gasteiger partial charge in [0.1, 0.15) is 5.00 Å². The van der Waals surface area contributed by atoms with Gasteiger partial charge in [-0.15, -0.1) is 11.3 Å². The van der Waals surface area contributed by atoms with Crippen molar-refractivity contribution in [2.75, 3.05) is 11.9 Å². The second-order valence-corrected chi connectivity index (χ2v) is 8.76. The number of thiophene rings is 1. The molecule has 2 N–H and O–H groups in total. The summed E-state index contributed by atoms with van der Waals surface area (Å²) < 4.78 is 6.09. The van der Waals surface area contributed by atoms with Crippen LogP contribution in [0.5, 0.6) is 0 Å². The first-order chi connectivity index (χ1) is 14.4. The Labute approximate surface area is 187 Å². The van der Waals surface area contributed by atoms with Crippen molar-refractivity contribution in [3.63, 3.8) is 0 Å². The van der Waals surface area contributed by atoms with E-state index in [0.717, 1.165) is 46.2 Å². The number of carbonyl (C=O) groups is 3. The van der Waals surface area contributed by atoms with Crippen LogP contribution in [0.1, 0.15) is 53.1 Å². The van der Waals surface area contributed by atoms with E-state index in [9.17, 15) is 14.4 Å². The average Bonchev–Trinajstić information content (AvgIpc) is 3.10. The van der Waals surface area contributed by atoms with E-state index in [4.69, 9.17) is 4.74 Å². The van der Waals surface area contributed by atoms with Crippen LogP contribution in [0, 0.1) is 0 Å². The van der Waals surface area contributed by atoms with Gasteiger partial charge in [-0.2, -0.15) is 5.10 Å². The average molecular weight is 492 g/mol. The number of halogens is 1. The summed E-state index contributed by atoms with van der Waals surface area (Å²) in [7, 11) is 0. The molecule has 1 aliphatic rings. The Morgan fingerprint density at radius 3 is 2.53 bits per heavy atom. The van der Waals surface area contributed by atoms with E-state index in [0.29, 0.717) is 16.3 Å². The molecule has 2 aromatic rings. The Morgan fingerprint density at radius 1 is 1.13 bits per heavy atom. The van der Waals surface area contributed by atoms with Crippen molar-refractivity contribution in [3.05, 3.63) is 50.3 Å². The zero-order valence-electron chi connectivity index (χ0n) is 16.7. The fourth-order valence-electron chi connectivity index (χ4n) is 3.17. The Balaban J connectivity index is 1.72. The summed E-state index contributed by atoms with van der Waals surface area (Å²) in [6.07, 6.45) is 3.63. The fraction of sp³-hybridized carbons (Fsp3) is 0.333. The Kier molecular flexibility index (Phi) is 7.38. The van der Waals surface area contributed by atoms with Crippen LogP contribution in [0.3, 0.4) is 0 Å². The third-order valence-electron chi connectivity index (χ3n) is 4.67. The number of nitrogens with zero attached hydrogens (tertiary/aromatic N) is 1. The third kappa shape index (κ3) is 5.14. The summed E-state index contributed by atoms with van der Waals surface area (Å²) in [4.78, 5) is 38.2. The molecule has 0 radical (unpaired) electrons. The van der Waals surface area contributed by atoms with Crippen LogP contribution < -0.4 is 10.7 Å². The van der Waals surface area contributed by atoms with Crippen molar-refractivity contribution in [1.82, 2.24) is 5.43 Å². The normalized spacial score (nSPS) is 13.4.